The van der Waals surface area contributed by atoms with Crippen molar-refractivity contribution in [3.05, 3.63) is 24.4 Å². The van der Waals surface area contributed by atoms with Crippen molar-refractivity contribution in [3.8, 4) is 0 Å². The number of hydrogen-bond acceptors (Lipinski definition) is 6. The summed E-state index contributed by atoms with van der Waals surface area (Å²) < 4.78 is 20.6. The molecule has 0 saturated carbocycles. The lowest BCUT2D eigenvalue weighted by Gasteiger charge is -2.33. The lowest BCUT2D eigenvalue weighted by Crippen LogP contribution is -2.51. The Balaban J connectivity index is 2.17. The molecule has 0 aromatic carbocycles. The fourth-order valence-corrected chi connectivity index (χ4v) is 2.04. The molecule has 7 nitrogen and oxygen atoms in total. The van der Waals surface area contributed by atoms with Gasteiger partial charge < -0.3 is 18.9 Å². The molecule has 2 atom stereocenters. The van der Waals surface area contributed by atoms with E-state index in [-0.39, 0.29) is 18.1 Å². The molecule has 0 aromatic heterocycles. The maximum atomic E-state index is 11.6. The second-order valence-electron chi connectivity index (χ2n) is 4.03. The number of epoxide rings is 1. The number of amides is 1. The Kier molecular flexibility index (Phi) is 3.70. The van der Waals surface area contributed by atoms with Crippen molar-refractivity contribution in [2.75, 3.05) is 20.8 Å². The zero-order chi connectivity index (χ0) is 14.0. The molecule has 0 aromatic rings. The molecule has 1 heterocycles. The number of carbonyl (C=O) groups excluding carboxylic acids is 2. The fraction of sp³-hybridized carbons (Fsp3) is 0.500. The standard InChI is InChI=1S/C12H15NO6/c1-4-5-18-11(15)13-8-6-7(14)9-10(19-9)12(8,16-2)17-3/h4,6,9-10H,1,5H2,2-3H3,(H,13,15)/t9-,10-/m1/s1. The first kappa shape index (κ1) is 13.7. The van der Waals surface area contributed by atoms with E-state index in [0.29, 0.717) is 0 Å². The van der Waals surface area contributed by atoms with Crippen LogP contribution < -0.4 is 5.32 Å². The Bertz CT molecular complexity index is 440. The number of carbonyl (C=O) groups is 2. The van der Waals surface area contributed by atoms with Gasteiger partial charge in [0.1, 0.15) is 6.61 Å². The largest absolute Gasteiger partial charge is 0.445 e. The molecule has 1 aliphatic carbocycles. The first-order chi connectivity index (χ1) is 9.08. The number of hydrogen-bond donors (Lipinski definition) is 1. The van der Waals surface area contributed by atoms with Gasteiger partial charge in [0.15, 0.2) is 18.0 Å². The normalized spacial score (nSPS) is 27.1. The lowest BCUT2D eigenvalue weighted by molar-refractivity contribution is -0.194. The highest BCUT2D eigenvalue weighted by Gasteiger charge is 2.64. The lowest BCUT2D eigenvalue weighted by atomic mass is 9.96. The summed E-state index contributed by atoms with van der Waals surface area (Å²) >= 11 is 0. The van der Waals surface area contributed by atoms with Gasteiger partial charge in [-0.3, -0.25) is 10.1 Å². The molecule has 19 heavy (non-hydrogen) atoms. The molecule has 0 spiro atoms. The maximum Gasteiger partial charge on any atom is 0.411 e. The summed E-state index contributed by atoms with van der Waals surface area (Å²) in [5.41, 5.74) is 0.162. The number of methoxy groups -OCH3 is 2. The monoisotopic (exact) mass is 269 g/mol. The molecule has 1 fully saturated rings. The van der Waals surface area contributed by atoms with Crippen molar-refractivity contribution in [2.24, 2.45) is 0 Å². The second kappa shape index (κ2) is 5.12. The van der Waals surface area contributed by atoms with Crippen LogP contribution in [0.25, 0.3) is 0 Å². The third-order valence-corrected chi connectivity index (χ3v) is 2.98. The SMILES string of the molecule is C=CCOC(=O)NC1=CC(=O)[C@H]2O[C@H]2C1(OC)OC. The van der Waals surface area contributed by atoms with Crippen LogP contribution in [0.4, 0.5) is 4.79 Å². The summed E-state index contributed by atoms with van der Waals surface area (Å²) in [6, 6.07) is 0. The van der Waals surface area contributed by atoms with Gasteiger partial charge in [0.25, 0.3) is 0 Å². The average Bonchev–Trinajstić information content (AvgIpc) is 3.19. The summed E-state index contributed by atoms with van der Waals surface area (Å²) in [4.78, 5) is 23.2. The van der Waals surface area contributed by atoms with E-state index in [2.05, 4.69) is 11.9 Å². The van der Waals surface area contributed by atoms with E-state index >= 15 is 0 Å². The van der Waals surface area contributed by atoms with Crippen LogP contribution in [-0.4, -0.2) is 50.7 Å². The van der Waals surface area contributed by atoms with Gasteiger partial charge in [-0.2, -0.15) is 0 Å². The Morgan fingerprint density at radius 3 is 2.84 bits per heavy atom. The van der Waals surface area contributed by atoms with Crippen LogP contribution in [0, 0.1) is 0 Å². The topological polar surface area (TPSA) is 86.4 Å². The van der Waals surface area contributed by atoms with E-state index in [1.165, 1.54) is 26.4 Å². The van der Waals surface area contributed by atoms with Crippen LogP contribution in [0.3, 0.4) is 0 Å². The van der Waals surface area contributed by atoms with Crippen LogP contribution in [0.2, 0.25) is 0 Å². The first-order valence-corrected chi connectivity index (χ1v) is 5.65. The number of rotatable bonds is 5. The van der Waals surface area contributed by atoms with Crippen molar-refractivity contribution < 1.29 is 28.5 Å². The van der Waals surface area contributed by atoms with Crippen LogP contribution in [0.5, 0.6) is 0 Å². The zero-order valence-corrected chi connectivity index (χ0v) is 10.7. The zero-order valence-electron chi connectivity index (χ0n) is 10.7. The van der Waals surface area contributed by atoms with E-state index in [0.717, 1.165) is 0 Å². The predicted molar refractivity (Wildman–Crippen MR) is 63.2 cm³/mol. The van der Waals surface area contributed by atoms with E-state index in [4.69, 9.17) is 18.9 Å². The molecule has 1 aliphatic heterocycles. The molecule has 7 heteroatoms. The third kappa shape index (κ3) is 2.27. The summed E-state index contributed by atoms with van der Waals surface area (Å²) in [6.45, 7) is 3.49. The van der Waals surface area contributed by atoms with E-state index < -0.39 is 24.1 Å². The molecule has 1 amide bonds. The van der Waals surface area contributed by atoms with Gasteiger partial charge in [0.2, 0.25) is 5.79 Å². The van der Waals surface area contributed by atoms with Gasteiger partial charge in [-0.15, -0.1) is 0 Å². The Hall–Kier alpha value is -1.70. The minimum atomic E-state index is -1.30. The summed E-state index contributed by atoms with van der Waals surface area (Å²) in [5, 5.41) is 2.44. The minimum Gasteiger partial charge on any atom is -0.445 e. The molecule has 0 radical (unpaired) electrons. The minimum absolute atomic E-state index is 0.0581. The van der Waals surface area contributed by atoms with E-state index in [1.807, 2.05) is 0 Å². The van der Waals surface area contributed by atoms with Crippen LogP contribution >= 0.6 is 0 Å². The molecular formula is C12H15NO6. The van der Waals surface area contributed by atoms with Crippen molar-refractivity contribution in [1.82, 2.24) is 5.32 Å². The van der Waals surface area contributed by atoms with Gasteiger partial charge in [-0.05, 0) is 0 Å². The number of fused-ring (bicyclic) bond motifs is 1. The van der Waals surface area contributed by atoms with Crippen molar-refractivity contribution in [1.29, 1.82) is 0 Å². The van der Waals surface area contributed by atoms with Gasteiger partial charge in [0.05, 0.1) is 5.70 Å². The highest BCUT2D eigenvalue weighted by molar-refractivity contribution is 5.98. The third-order valence-electron chi connectivity index (χ3n) is 2.98. The second-order valence-corrected chi connectivity index (χ2v) is 4.03. The van der Waals surface area contributed by atoms with Crippen LogP contribution in [0.1, 0.15) is 0 Å². The maximum absolute atomic E-state index is 11.6. The van der Waals surface area contributed by atoms with Gasteiger partial charge in [-0.25, -0.2) is 4.79 Å². The van der Waals surface area contributed by atoms with Crippen molar-refractivity contribution in [3.63, 3.8) is 0 Å². The molecule has 104 valence electrons. The Morgan fingerprint density at radius 1 is 1.58 bits per heavy atom. The Morgan fingerprint density at radius 2 is 2.26 bits per heavy atom. The molecule has 1 N–H and O–H groups in total. The summed E-state index contributed by atoms with van der Waals surface area (Å²) in [6.07, 6.45) is 0.803. The molecule has 1 saturated heterocycles. The predicted octanol–water partition coefficient (Wildman–Crippen LogP) is 0.122. The highest BCUT2D eigenvalue weighted by atomic mass is 16.7. The fourth-order valence-electron chi connectivity index (χ4n) is 2.04. The van der Waals surface area contributed by atoms with Crippen LogP contribution in [0.15, 0.2) is 24.4 Å². The molecule has 0 unspecified atom stereocenters. The quantitative estimate of drug-likeness (QED) is 0.433. The average molecular weight is 269 g/mol. The summed E-state index contributed by atoms with van der Waals surface area (Å²) in [5.74, 6) is -1.54. The van der Waals surface area contributed by atoms with Crippen molar-refractivity contribution in [2.45, 2.75) is 18.0 Å². The highest BCUT2D eigenvalue weighted by Crippen LogP contribution is 2.43. The van der Waals surface area contributed by atoms with Gasteiger partial charge >= 0.3 is 6.09 Å². The molecular weight excluding hydrogens is 254 g/mol. The molecule has 0 bridgehead atoms. The number of alkyl carbamates (subject to hydrolysis) is 1. The van der Waals surface area contributed by atoms with E-state index in [9.17, 15) is 9.59 Å². The molecule has 2 rings (SSSR count). The van der Waals surface area contributed by atoms with Crippen molar-refractivity contribution >= 4 is 11.9 Å². The van der Waals surface area contributed by atoms with E-state index in [1.54, 1.807) is 0 Å². The molecule has 2 aliphatic rings. The Labute approximate surface area is 110 Å². The number of ether oxygens (including phenoxy) is 4. The number of nitrogens with one attached hydrogen (secondary N) is 1. The smallest absolute Gasteiger partial charge is 0.411 e. The first-order valence-electron chi connectivity index (χ1n) is 5.65. The van der Waals surface area contributed by atoms with Gasteiger partial charge in [0, 0.05) is 20.3 Å². The summed E-state index contributed by atoms with van der Waals surface area (Å²) in [7, 11) is 2.81. The van der Waals surface area contributed by atoms with Crippen LogP contribution in [-0.2, 0) is 23.7 Å². The number of ketones is 1. The van der Waals surface area contributed by atoms with Gasteiger partial charge in [-0.1, -0.05) is 12.7 Å².